The van der Waals surface area contributed by atoms with Crippen LogP contribution in [0, 0.1) is 0 Å². The molecule has 10 nitrogen and oxygen atoms in total. The summed E-state index contributed by atoms with van der Waals surface area (Å²) in [4.78, 5) is 31.0. The van der Waals surface area contributed by atoms with Gasteiger partial charge in [-0.05, 0) is 30.3 Å². The van der Waals surface area contributed by atoms with E-state index in [0.29, 0.717) is 56.3 Å². The zero-order valence-corrected chi connectivity index (χ0v) is 20.6. The summed E-state index contributed by atoms with van der Waals surface area (Å²) in [6.07, 6.45) is 0. The summed E-state index contributed by atoms with van der Waals surface area (Å²) < 4.78 is 34.1. The molecule has 0 saturated carbocycles. The molecule has 0 aliphatic carbocycles. The second-order valence-corrected chi connectivity index (χ2v) is 10.2. The Labute approximate surface area is 205 Å². The number of nitrogens with zero attached hydrogens (tertiary/aromatic N) is 3. The highest BCUT2D eigenvalue weighted by molar-refractivity contribution is 7.92. The molecule has 2 aliphatic heterocycles. The molecule has 2 fully saturated rings. The van der Waals surface area contributed by atoms with E-state index in [2.05, 4.69) is 14.9 Å². The SMILES string of the molecule is CN(CC(=O)N1CCOCC1)C(=O)c1ccc(N2CCNCC2)c(NS(=O)(=O)c2ccccc2)c1. The maximum absolute atomic E-state index is 13.2. The molecular weight excluding hydrogens is 470 g/mol. The Balaban J connectivity index is 1.58. The van der Waals surface area contributed by atoms with Gasteiger partial charge in [0.2, 0.25) is 5.91 Å². The molecular formula is C24H31N5O5S. The molecule has 2 aliphatic rings. The quantitative estimate of drug-likeness (QED) is 0.578. The summed E-state index contributed by atoms with van der Waals surface area (Å²) in [6, 6.07) is 13.1. The number of carbonyl (C=O) groups excluding carboxylic acids is 2. The first kappa shape index (κ1) is 25.0. The van der Waals surface area contributed by atoms with Crippen LogP contribution < -0.4 is 14.9 Å². The normalized spacial score (nSPS) is 16.6. The maximum Gasteiger partial charge on any atom is 0.261 e. The number of likely N-dealkylation sites (N-methyl/N-ethyl adjacent to an activating group) is 1. The van der Waals surface area contributed by atoms with Crippen LogP contribution in [-0.4, -0.2) is 96.1 Å². The van der Waals surface area contributed by atoms with Gasteiger partial charge in [-0.1, -0.05) is 18.2 Å². The van der Waals surface area contributed by atoms with E-state index in [-0.39, 0.29) is 23.3 Å². The number of sulfonamides is 1. The van der Waals surface area contributed by atoms with Crippen molar-refractivity contribution in [2.24, 2.45) is 0 Å². The van der Waals surface area contributed by atoms with Crippen molar-refractivity contribution in [3.63, 3.8) is 0 Å². The number of nitrogens with one attached hydrogen (secondary N) is 2. The first-order valence-corrected chi connectivity index (χ1v) is 13.1. The van der Waals surface area contributed by atoms with Crippen molar-refractivity contribution in [2.45, 2.75) is 4.90 Å². The first-order valence-electron chi connectivity index (χ1n) is 11.6. The second kappa shape index (κ2) is 11.1. The van der Waals surface area contributed by atoms with Gasteiger partial charge in [0, 0.05) is 51.9 Å². The van der Waals surface area contributed by atoms with Crippen LogP contribution in [0.25, 0.3) is 0 Å². The Morgan fingerprint density at radius 2 is 1.71 bits per heavy atom. The minimum atomic E-state index is -3.86. The number of ether oxygens (including phenoxy) is 1. The molecule has 0 spiro atoms. The molecule has 2 N–H and O–H groups in total. The molecule has 0 radical (unpaired) electrons. The zero-order valence-electron chi connectivity index (χ0n) is 19.8. The second-order valence-electron chi connectivity index (χ2n) is 8.54. The van der Waals surface area contributed by atoms with Gasteiger partial charge in [-0.25, -0.2) is 8.42 Å². The van der Waals surface area contributed by atoms with Gasteiger partial charge in [0.05, 0.1) is 36.0 Å². The fraction of sp³-hybridized carbons (Fsp3) is 0.417. The Morgan fingerprint density at radius 1 is 1.03 bits per heavy atom. The third-order valence-electron chi connectivity index (χ3n) is 6.08. The monoisotopic (exact) mass is 501 g/mol. The van der Waals surface area contributed by atoms with Gasteiger partial charge in [0.1, 0.15) is 0 Å². The van der Waals surface area contributed by atoms with Crippen molar-refractivity contribution in [3.05, 3.63) is 54.1 Å². The largest absolute Gasteiger partial charge is 0.378 e. The zero-order chi connectivity index (χ0) is 24.8. The molecule has 0 unspecified atom stereocenters. The van der Waals surface area contributed by atoms with Crippen molar-refractivity contribution in [3.8, 4) is 0 Å². The van der Waals surface area contributed by atoms with Gasteiger partial charge in [-0.15, -0.1) is 0 Å². The van der Waals surface area contributed by atoms with Crippen LogP contribution in [0.1, 0.15) is 10.4 Å². The highest BCUT2D eigenvalue weighted by atomic mass is 32.2. The van der Waals surface area contributed by atoms with Crippen molar-refractivity contribution < 1.29 is 22.7 Å². The molecule has 2 saturated heterocycles. The van der Waals surface area contributed by atoms with Gasteiger partial charge >= 0.3 is 0 Å². The maximum atomic E-state index is 13.2. The first-order chi connectivity index (χ1) is 16.8. The fourth-order valence-corrected chi connectivity index (χ4v) is 5.23. The lowest BCUT2D eigenvalue weighted by atomic mass is 10.1. The van der Waals surface area contributed by atoms with Crippen molar-refractivity contribution in [1.82, 2.24) is 15.1 Å². The Morgan fingerprint density at radius 3 is 2.40 bits per heavy atom. The van der Waals surface area contributed by atoms with Crippen LogP contribution in [0.5, 0.6) is 0 Å². The Bertz CT molecular complexity index is 1150. The molecule has 2 amide bonds. The summed E-state index contributed by atoms with van der Waals surface area (Å²) in [5.41, 5.74) is 1.33. The van der Waals surface area contributed by atoms with Crippen LogP contribution in [0.4, 0.5) is 11.4 Å². The summed E-state index contributed by atoms with van der Waals surface area (Å²) in [7, 11) is -2.29. The van der Waals surface area contributed by atoms with Gasteiger partial charge in [0.15, 0.2) is 0 Å². The number of rotatable bonds is 7. The topological polar surface area (TPSA) is 111 Å². The molecule has 0 aromatic heterocycles. The van der Waals surface area contributed by atoms with Gasteiger partial charge in [-0.2, -0.15) is 0 Å². The highest BCUT2D eigenvalue weighted by Gasteiger charge is 2.24. The number of carbonyl (C=O) groups is 2. The van der Waals surface area contributed by atoms with E-state index in [1.54, 1.807) is 48.3 Å². The minimum Gasteiger partial charge on any atom is -0.378 e. The van der Waals surface area contributed by atoms with Gasteiger partial charge < -0.3 is 24.8 Å². The molecule has 0 atom stereocenters. The van der Waals surface area contributed by atoms with Crippen LogP contribution in [0.3, 0.4) is 0 Å². The van der Waals surface area contributed by atoms with Gasteiger partial charge in [-0.3, -0.25) is 14.3 Å². The summed E-state index contributed by atoms with van der Waals surface area (Å²) in [5.74, 6) is -0.509. The fourth-order valence-electron chi connectivity index (χ4n) is 4.14. The molecule has 35 heavy (non-hydrogen) atoms. The van der Waals surface area contributed by atoms with Crippen LogP contribution in [-0.2, 0) is 19.6 Å². The number of amides is 2. The molecule has 2 heterocycles. The molecule has 188 valence electrons. The number of hydrogen-bond donors (Lipinski definition) is 2. The molecule has 2 aromatic carbocycles. The average molecular weight is 502 g/mol. The smallest absolute Gasteiger partial charge is 0.261 e. The third kappa shape index (κ3) is 6.11. The lowest BCUT2D eigenvalue weighted by Gasteiger charge is -2.31. The van der Waals surface area contributed by atoms with E-state index in [4.69, 9.17) is 4.74 Å². The standard InChI is InChI=1S/C24H31N5O5S/c1-27(18-23(30)29-13-15-34-16-14-29)24(31)19-7-8-22(28-11-9-25-10-12-28)21(17-19)26-35(32,33)20-5-3-2-4-6-20/h2-8,17,25-26H,9-16,18H2,1H3. The third-order valence-corrected chi connectivity index (χ3v) is 7.46. The minimum absolute atomic E-state index is 0.0660. The van der Waals surface area contributed by atoms with E-state index in [9.17, 15) is 18.0 Å². The highest BCUT2D eigenvalue weighted by Crippen LogP contribution is 2.30. The van der Waals surface area contributed by atoms with Crippen molar-refractivity contribution in [2.75, 3.05) is 75.7 Å². The van der Waals surface area contributed by atoms with E-state index < -0.39 is 10.0 Å². The number of piperazine rings is 1. The number of hydrogen-bond acceptors (Lipinski definition) is 7. The van der Waals surface area contributed by atoms with Crippen molar-refractivity contribution in [1.29, 1.82) is 0 Å². The van der Waals surface area contributed by atoms with Crippen molar-refractivity contribution >= 4 is 33.2 Å². The van der Waals surface area contributed by atoms with Crippen LogP contribution in [0.15, 0.2) is 53.4 Å². The van der Waals surface area contributed by atoms with E-state index in [1.807, 2.05) is 0 Å². The van der Waals surface area contributed by atoms with Crippen LogP contribution >= 0.6 is 0 Å². The lowest BCUT2D eigenvalue weighted by Crippen LogP contribution is -2.46. The van der Waals surface area contributed by atoms with E-state index in [1.165, 1.54) is 17.0 Å². The predicted molar refractivity (Wildman–Crippen MR) is 133 cm³/mol. The summed E-state index contributed by atoms with van der Waals surface area (Å²) in [5, 5.41) is 3.28. The number of morpholine rings is 1. The number of benzene rings is 2. The molecule has 0 bridgehead atoms. The summed E-state index contributed by atoms with van der Waals surface area (Å²) >= 11 is 0. The predicted octanol–water partition coefficient (Wildman–Crippen LogP) is 0.828. The Hall–Kier alpha value is -3.15. The lowest BCUT2D eigenvalue weighted by molar-refractivity contribution is -0.135. The number of anilines is 2. The van der Waals surface area contributed by atoms with E-state index in [0.717, 1.165) is 13.1 Å². The molecule has 2 aromatic rings. The average Bonchev–Trinajstić information content (AvgIpc) is 2.89. The van der Waals surface area contributed by atoms with Crippen LogP contribution in [0.2, 0.25) is 0 Å². The molecule has 4 rings (SSSR count). The summed E-state index contributed by atoms with van der Waals surface area (Å²) in [6.45, 7) is 4.89. The Kier molecular flexibility index (Phi) is 7.89. The van der Waals surface area contributed by atoms with Gasteiger partial charge in [0.25, 0.3) is 15.9 Å². The molecule has 11 heteroatoms. The van der Waals surface area contributed by atoms with E-state index >= 15 is 0 Å².